The minimum absolute atomic E-state index is 0.151. The van der Waals surface area contributed by atoms with Gasteiger partial charge >= 0.3 is 151 Å². The van der Waals surface area contributed by atoms with Crippen molar-refractivity contribution in [3.8, 4) is 0 Å². The maximum atomic E-state index is 3.58. The Morgan fingerprint density at radius 2 is 1.48 bits per heavy atom. The molecule has 0 unspecified atom stereocenters. The van der Waals surface area contributed by atoms with Gasteiger partial charge in [-0.15, -0.1) is 0 Å². The van der Waals surface area contributed by atoms with Crippen LogP contribution in [-0.2, 0) is 17.8 Å². The van der Waals surface area contributed by atoms with E-state index >= 15 is 0 Å². The Morgan fingerprint density at radius 1 is 0.957 bits per heavy atom. The number of hydrogen-bond donors (Lipinski definition) is 1. The van der Waals surface area contributed by atoms with Gasteiger partial charge in [0, 0.05) is 0 Å². The molecule has 0 aromatic rings. The van der Waals surface area contributed by atoms with Gasteiger partial charge in [0.1, 0.15) is 0 Å². The van der Waals surface area contributed by atoms with Crippen molar-refractivity contribution >= 4 is 0 Å². The first-order chi connectivity index (χ1) is 10.3. The maximum absolute atomic E-state index is 3.58. The number of allylic oxidation sites excluding steroid dienone is 5. The summed E-state index contributed by atoms with van der Waals surface area (Å²) in [6, 6.07) is 0. The molecule has 0 bridgehead atoms. The molecule has 0 aliphatic heterocycles. The molecule has 0 saturated carbocycles. The number of nitrogens with one attached hydrogen (secondary N) is 1. The van der Waals surface area contributed by atoms with Crippen LogP contribution >= 0.6 is 0 Å². The molecule has 0 amide bonds. The fraction of sp³-hybridized carbons (Fsp3) is 0.684. The van der Waals surface area contributed by atoms with Crippen LogP contribution in [0.4, 0.5) is 0 Å². The summed E-state index contributed by atoms with van der Waals surface area (Å²) >= 11 is -1.71. The average molecular weight is 402 g/mol. The number of rotatable bonds is 5. The van der Waals surface area contributed by atoms with E-state index in [-0.39, 0.29) is 11.0 Å². The fourth-order valence-corrected chi connectivity index (χ4v) is 8.29. The Balaban J connectivity index is 3.24. The second-order valence-electron chi connectivity index (χ2n) is 8.51. The van der Waals surface area contributed by atoms with Crippen LogP contribution in [0.3, 0.4) is 0 Å². The first-order valence-corrected chi connectivity index (χ1v) is 11.1. The van der Waals surface area contributed by atoms with E-state index in [0.717, 1.165) is 6.54 Å². The van der Waals surface area contributed by atoms with Crippen LogP contribution in [-0.4, -0.2) is 47.2 Å². The molecule has 0 fully saturated rings. The van der Waals surface area contributed by atoms with Crippen molar-refractivity contribution in [3.05, 3.63) is 33.3 Å². The molecule has 1 N–H and O–H groups in total. The molecule has 1 rings (SSSR count). The predicted molar refractivity (Wildman–Crippen MR) is 98.8 cm³/mol. The summed E-state index contributed by atoms with van der Waals surface area (Å²) in [5.41, 5.74) is 3.27. The zero-order chi connectivity index (χ0) is 18.0. The van der Waals surface area contributed by atoms with Crippen LogP contribution < -0.4 is 5.32 Å². The van der Waals surface area contributed by atoms with Gasteiger partial charge in [0.25, 0.3) is 0 Å². The molecule has 133 valence electrons. The topological polar surface area (TPSA) is 18.5 Å². The van der Waals surface area contributed by atoms with Gasteiger partial charge < -0.3 is 0 Å². The molecule has 0 aromatic heterocycles. The zero-order valence-corrected chi connectivity index (χ0v) is 18.7. The predicted octanol–water partition coefficient (Wildman–Crippen LogP) is 3.74. The van der Waals surface area contributed by atoms with E-state index in [4.69, 9.17) is 0 Å². The standard InChI is InChI=1S/C15H24N.2C2H6N.Mo/c1-14(2,3)13-8-7-12(11-13)9-10-16-15(4,5)6;2*1-3-2;/h7-9,16H,10H2,1-6H3;2*1-2H3;/q;2*-1;+2. The molecule has 0 heterocycles. The molecule has 1 aliphatic rings. The third-order valence-electron chi connectivity index (χ3n) is 3.57. The normalized spacial score (nSPS) is 18.4. The van der Waals surface area contributed by atoms with Crippen molar-refractivity contribution < 1.29 is 17.8 Å². The molecule has 0 saturated heterocycles. The second-order valence-corrected chi connectivity index (χ2v) is 14.4. The summed E-state index contributed by atoms with van der Waals surface area (Å²) in [4.78, 5) is 0. The molecular formula is C19H36MoN3. The first-order valence-electron chi connectivity index (χ1n) is 8.32. The van der Waals surface area contributed by atoms with Crippen molar-refractivity contribution in [2.24, 2.45) is 5.41 Å². The monoisotopic (exact) mass is 404 g/mol. The molecule has 0 spiro atoms. The molecule has 0 atom stereocenters. The summed E-state index contributed by atoms with van der Waals surface area (Å²) in [6.45, 7) is 14.5. The van der Waals surface area contributed by atoms with Crippen molar-refractivity contribution in [2.45, 2.75) is 47.1 Å². The quantitative estimate of drug-likeness (QED) is 0.707. The van der Waals surface area contributed by atoms with Gasteiger partial charge in [-0.25, -0.2) is 0 Å². The van der Waals surface area contributed by atoms with Gasteiger partial charge in [-0.2, -0.15) is 0 Å². The fourth-order valence-electron chi connectivity index (χ4n) is 2.59. The van der Waals surface area contributed by atoms with Gasteiger partial charge in [-0.05, 0) is 0 Å². The second kappa shape index (κ2) is 7.78. The molecular weight excluding hydrogens is 366 g/mol. The third-order valence-corrected chi connectivity index (χ3v) is 8.99. The Morgan fingerprint density at radius 3 is 1.87 bits per heavy atom. The van der Waals surface area contributed by atoms with Crippen LogP contribution in [0.5, 0.6) is 0 Å². The van der Waals surface area contributed by atoms with E-state index in [9.17, 15) is 0 Å². The Bertz CT molecular complexity index is 492. The van der Waals surface area contributed by atoms with E-state index in [0.29, 0.717) is 0 Å². The molecule has 23 heavy (non-hydrogen) atoms. The minimum atomic E-state index is -1.71. The molecule has 0 radical (unpaired) electrons. The van der Waals surface area contributed by atoms with Crippen LogP contribution in [0.2, 0.25) is 0 Å². The van der Waals surface area contributed by atoms with Gasteiger partial charge in [-0.3, -0.25) is 0 Å². The van der Waals surface area contributed by atoms with Crippen molar-refractivity contribution in [2.75, 3.05) is 34.7 Å². The van der Waals surface area contributed by atoms with Crippen LogP contribution in [0, 0.1) is 5.41 Å². The SMILES string of the molecule is C[N](C)[Mo]([C]1=C(C(C)(C)C)C=CC1=CCNC(C)(C)C)[N](C)C. The number of hydrogen-bond acceptors (Lipinski definition) is 3. The van der Waals surface area contributed by atoms with E-state index in [1.54, 1.807) is 3.96 Å². The average Bonchev–Trinajstić information content (AvgIpc) is 2.70. The van der Waals surface area contributed by atoms with Crippen LogP contribution in [0.15, 0.2) is 33.3 Å². The van der Waals surface area contributed by atoms with E-state index < -0.39 is 17.8 Å². The molecule has 3 nitrogen and oxygen atoms in total. The van der Waals surface area contributed by atoms with E-state index in [2.05, 4.69) is 100 Å². The number of nitrogens with zero attached hydrogens (tertiary/aromatic N) is 2. The summed E-state index contributed by atoms with van der Waals surface area (Å²) in [6.07, 6.45) is 7.04. The van der Waals surface area contributed by atoms with Crippen molar-refractivity contribution in [3.63, 3.8) is 0 Å². The Hall–Kier alpha value is -0.212. The van der Waals surface area contributed by atoms with Gasteiger partial charge in [-0.1, -0.05) is 0 Å². The summed E-state index contributed by atoms with van der Waals surface area (Å²) in [5, 5.41) is 3.58. The molecule has 0 aromatic carbocycles. The summed E-state index contributed by atoms with van der Waals surface area (Å²) in [5.74, 6) is 0. The van der Waals surface area contributed by atoms with Crippen molar-refractivity contribution in [1.82, 2.24) is 12.2 Å². The van der Waals surface area contributed by atoms with Gasteiger partial charge in [0.05, 0.1) is 0 Å². The summed E-state index contributed by atoms with van der Waals surface area (Å²) in [7, 11) is 8.92. The third kappa shape index (κ3) is 5.97. The van der Waals surface area contributed by atoms with Crippen LogP contribution in [0.1, 0.15) is 41.5 Å². The first kappa shape index (κ1) is 20.8. The Kier molecular flexibility index (Phi) is 7.05. The van der Waals surface area contributed by atoms with E-state index in [1.165, 1.54) is 11.1 Å². The van der Waals surface area contributed by atoms with Crippen molar-refractivity contribution in [1.29, 1.82) is 0 Å². The van der Waals surface area contributed by atoms with Gasteiger partial charge in [0.2, 0.25) is 0 Å². The Labute approximate surface area is 150 Å². The zero-order valence-electron chi connectivity index (χ0n) is 16.7. The summed E-state index contributed by atoms with van der Waals surface area (Å²) < 4.78 is 6.53. The van der Waals surface area contributed by atoms with Crippen LogP contribution in [0.25, 0.3) is 0 Å². The van der Waals surface area contributed by atoms with Gasteiger partial charge in [0.15, 0.2) is 0 Å². The van der Waals surface area contributed by atoms with E-state index in [1.807, 2.05) is 0 Å². The molecule has 1 aliphatic carbocycles. The molecule has 4 heteroatoms.